The van der Waals surface area contributed by atoms with E-state index in [1.807, 2.05) is 0 Å². The lowest BCUT2D eigenvalue weighted by Crippen LogP contribution is -2.57. The monoisotopic (exact) mass is 332 g/mol. The summed E-state index contributed by atoms with van der Waals surface area (Å²) in [5.74, 6) is 7.03. The summed E-state index contributed by atoms with van der Waals surface area (Å²) in [6, 6.07) is 0.256. The molecule has 0 aromatic heterocycles. The summed E-state index contributed by atoms with van der Waals surface area (Å²) < 4.78 is 14.5. The molecule has 0 aromatic carbocycles. The second kappa shape index (κ2) is 7.31. The van der Waals surface area contributed by atoms with Crippen molar-refractivity contribution >= 4 is 11.6 Å². The van der Waals surface area contributed by atoms with E-state index in [0.29, 0.717) is 18.3 Å². The Labute approximate surface area is 138 Å². The first-order valence-electron chi connectivity index (χ1n) is 8.84. The van der Waals surface area contributed by atoms with Crippen molar-refractivity contribution in [2.24, 2.45) is 29.3 Å². The van der Waals surface area contributed by atoms with Crippen molar-refractivity contribution in [3.63, 3.8) is 0 Å². The molecule has 128 valence electrons. The van der Waals surface area contributed by atoms with Gasteiger partial charge in [-0.3, -0.25) is 5.84 Å². The Hall–Kier alpha value is 0.0600. The fraction of sp³-hybridized carbons (Fsp3) is 1.00. The summed E-state index contributed by atoms with van der Waals surface area (Å²) in [7, 11) is 0. The minimum atomic E-state index is -0.712. The molecule has 0 bridgehead atoms. The molecule has 3 rings (SSSR count). The maximum Gasteiger partial charge on any atom is 0.105 e. The highest BCUT2D eigenvalue weighted by molar-refractivity contribution is 6.20. The normalized spacial score (nSPS) is 48.3. The first-order valence-corrected chi connectivity index (χ1v) is 9.28. The molecule has 3 aliphatic rings. The van der Waals surface area contributed by atoms with E-state index in [1.54, 1.807) is 5.01 Å². The van der Waals surface area contributed by atoms with E-state index in [0.717, 1.165) is 38.8 Å². The molecule has 0 aromatic rings. The Kier molecular flexibility index (Phi) is 5.61. The number of hydrazine groups is 1. The zero-order valence-electron chi connectivity index (χ0n) is 13.3. The average Bonchev–Trinajstić information content (AvgIpc) is 2.52. The highest BCUT2D eigenvalue weighted by atomic mass is 35.5. The summed E-state index contributed by atoms with van der Waals surface area (Å²) in [5, 5.41) is 5.51. The van der Waals surface area contributed by atoms with Crippen LogP contribution in [0.3, 0.4) is 0 Å². The standard InChI is InChI=1S/C16H30ClFN4/c17-11-3-4-14(18)13(9-11)16-12(2-1-6-21-16)10-5-7-22(20)15(19)8-10/h10-16,21H,1-9,19-20H2. The van der Waals surface area contributed by atoms with Crippen LogP contribution in [0.15, 0.2) is 0 Å². The maximum absolute atomic E-state index is 14.5. The van der Waals surface area contributed by atoms with E-state index in [9.17, 15) is 4.39 Å². The van der Waals surface area contributed by atoms with Crippen LogP contribution in [0.4, 0.5) is 4.39 Å². The van der Waals surface area contributed by atoms with Gasteiger partial charge < -0.3 is 11.1 Å². The van der Waals surface area contributed by atoms with Crippen LogP contribution in [0.2, 0.25) is 0 Å². The quantitative estimate of drug-likeness (QED) is 0.534. The predicted octanol–water partition coefficient (Wildman–Crippen LogP) is 1.97. The molecule has 0 spiro atoms. The van der Waals surface area contributed by atoms with Gasteiger partial charge in [0.25, 0.3) is 0 Å². The molecule has 2 heterocycles. The first kappa shape index (κ1) is 16.9. The Morgan fingerprint density at radius 3 is 2.68 bits per heavy atom. The van der Waals surface area contributed by atoms with Crippen LogP contribution in [-0.4, -0.2) is 41.9 Å². The number of nitrogens with two attached hydrogens (primary N) is 2. The van der Waals surface area contributed by atoms with Crippen molar-refractivity contribution < 1.29 is 4.39 Å². The van der Waals surface area contributed by atoms with Crippen molar-refractivity contribution in [1.82, 2.24) is 10.3 Å². The lowest BCUT2D eigenvalue weighted by molar-refractivity contribution is 0.0277. The van der Waals surface area contributed by atoms with Gasteiger partial charge in [0.05, 0.1) is 6.17 Å². The van der Waals surface area contributed by atoms with Gasteiger partial charge in [-0.05, 0) is 63.3 Å². The van der Waals surface area contributed by atoms with Crippen molar-refractivity contribution in [3.8, 4) is 0 Å². The summed E-state index contributed by atoms with van der Waals surface area (Å²) in [5.41, 5.74) is 6.13. The first-order chi connectivity index (χ1) is 10.6. The number of nitrogens with zero attached hydrogens (tertiary/aromatic N) is 1. The Bertz CT molecular complexity index is 372. The van der Waals surface area contributed by atoms with E-state index in [4.69, 9.17) is 23.2 Å². The predicted molar refractivity (Wildman–Crippen MR) is 88.0 cm³/mol. The van der Waals surface area contributed by atoms with Gasteiger partial charge in [0.1, 0.15) is 6.17 Å². The molecule has 7 unspecified atom stereocenters. The van der Waals surface area contributed by atoms with Gasteiger partial charge in [-0.25, -0.2) is 9.40 Å². The summed E-state index contributed by atoms with van der Waals surface area (Å²) in [4.78, 5) is 0. The number of hydrogen-bond acceptors (Lipinski definition) is 4. The SMILES string of the molecule is NC1CC(C2CCCNC2C2CC(Cl)CCC2F)CCN1N. The second-order valence-electron chi connectivity index (χ2n) is 7.47. The van der Waals surface area contributed by atoms with Gasteiger partial charge in [-0.2, -0.15) is 0 Å². The van der Waals surface area contributed by atoms with E-state index < -0.39 is 6.17 Å². The molecular weight excluding hydrogens is 303 g/mol. The van der Waals surface area contributed by atoms with Crippen molar-refractivity contribution in [2.75, 3.05) is 13.1 Å². The van der Waals surface area contributed by atoms with Gasteiger partial charge in [0, 0.05) is 23.9 Å². The summed E-state index contributed by atoms with van der Waals surface area (Å²) in [6.45, 7) is 1.84. The largest absolute Gasteiger partial charge is 0.315 e. The fourth-order valence-corrected chi connectivity index (χ4v) is 5.19. The zero-order chi connectivity index (χ0) is 15.7. The van der Waals surface area contributed by atoms with Gasteiger partial charge in [0.15, 0.2) is 0 Å². The third-order valence-corrected chi connectivity index (χ3v) is 6.50. The van der Waals surface area contributed by atoms with Gasteiger partial charge >= 0.3 is 0 Å². The Morgan fingerprint density at radius 1 is 1.09 bits per heavy atom. The number of alkyl halides is 2. The number of piperidine rings is 2. The van der Waals surface area contributed by atoms with Gasteiger partial charge in [0.2, 0.25) is 0 Å². The maximum atomic E-state index is 14.5. The molecular formula is C16H30ClFN4. The average molecular weight is 333 g/mol. The molecule has 1 saturated carbocycles. The van der Waals surface area contributed by atoms with Crippen LogP contribution < -0.4 is 16.9 Å². The lowest BCUT2D eigenvalue weighted by Gasteiger charge is -2.47. The molecule has 0 radical (unpaired) electrons. The third-order valence-electron chi connectivity index (χ3n) is 6.10. The molecule has 2 aliphatic heterocycles. The zero-order valence-corrected chi connectivity index (χ0v) is 14.0. The summed E-state index contributed by atoms with van der Waals surface area (Å²) >= 11 is 6.33. The molecule has 1 aliphatic carbocycles. The molecule has 7 atom stereocenters. The molecule has 0 amide bonds. The molecule has 6 heteroatoms. The van der Waals surface area contributed by atoms with Crippen LogP contribution in [0.5, 0.6) is 0 Å². The number of hydrogen-bond donors (Lipinski definition) is 3. The van der Waals surface area contributed by atoms with Gasteiger partial charge in [-0.1, -0.05) is 0 Å². The van der Waals surface area contributed by atoms with Crippen LogP contribution in [0.1, 0.15) is 44.9 Å². The topological polar surface area (TPSA) is 67.3 Å². The Balaban J connectivity index is 1.70. The number of halogens is 2. The second-order valence-corrected chi connectivity index (χ2v) is 8.08. The van der Waals surface area contributed by atoms with E-state index in [2.05, 4.69) is 5.32 Å². The summed E-state index contributed by atoms with van der Waals surface area (Å²) in [6.07, 6.45) is 5.80. The number of rotatable bonds is 2. The van der Waals surface area contributed by atoms with Crippen molar-refractivity contribution in [3.05, 3.63) is 0 Å². The minimum absolute atomic E-state index is 0.0605. The van der Waals surface area contributed by atoms with Crippen LogP contribution >= 0.6 is 11.6 Å². The van der Waals surface area contributed by atoms with Gasteiger partial charge in [-0.15, -0.1) is 11.6 Å². The van der Waals surface area contributed by atoms with E-state index in [1.165, 1.54) is 12.8 Å². The molecule has 22 heavy (non-hydrogen) atoms. The van der Waals surface area contributed by atoms with Crippen molar-refractivity contribution in [2.45, 2.75) is 68.7 Å². The van der Waals surface area contributed by atoms with Crippen LogP contribution in [0, 0.1) is 17.8 Å². The fourth-order valence-electron chi connectivity index (χ4n) is 4.85. The van der Waals surface area contributed by atoms with Crippen LogP contribution in [-0.2, 0) is 0 Å². The molecule has 3 fully saturated rings. The third kappa shape index (κ3) is 3.59. The van der Waals surface area contributed by atoms with E-state index in [-0.39, 0.29) is 23.5 Å². The lowest BCUT2D eigenvalue weighted by atomic mass is 9.68. The molecule has 4 nitrogen and oxygen atoms in total. The highest BCUT2D eigenvalue weighted by Crippen LogP contribution is 2.41. The highest BCUT2D eigenvalue weighted by Gasteiger charge is 2.43. The van der Waals surface area contributed by atoms with E-state index >= 15 is 0 Å². The minimum Gasteiger partial charge on any atom is -0.315 e. The smallest absolute Gasteiger partial charge is 0.105 e. The number of nitrogens with one attached hydrogen (secondary N) is 1. The molecule has 5 N–H and O–H groups in total. The Morgan fingerprint density at radius 2 is 1.91 bits per heavy atom. The van der Waals surface area contributed by atoms with Crippen LogP contribution in [0.25, 0.3) is 0 Å². The van der Waals surface area contributed by atoms with Crippen molar-refractivity contribution in [1.29, 1.82) is 0 Å². The molecule has 2 saturated heterocycles.